The smallest absolute Gasteiger partial charge is 0.180 e. The zero-order valence-electron chi connectivity index (χ0n) is 24.7. The van der Waals surface area contributed by atoms with Gasteiger partial charge in [0.05, 0.1) is 0 Å². The fraction of sp³-hybridized carbons (Fsp3) is 0.143. The van der Waals surface area contributed by atoms with Crippen molar-refractivity contribution in [3.63, 3.8) is 0 Å². The molecule has 4 aromatic carbocycles. The van der Waals surface area contributed by atoms with Gasteiger partial charge in [0.25, 0.3) is 0 Å². The average Bonchev–Trinajstić information content (AvgIpc) is 3.76. The number of tetrazole rings is 1. The minimum Gasteiger partial charge on any atom is -0.321 e. The van der Waals surface area contributed by atoms with Crippen LogP contribution in [0.2, 0.25) is 0 Å². The van der Waals surface area contributed by atoms with Crippen molar-refractivity contribution in [2.75, 3.05) is 0 Å². The Labute approximate surface area is 269 Å². The lowest BCUT2D eigenvalue weighted by molar-refractivity contribution is 0.686. The van der Waals surface area contributed by atoms with E-state index >= 15 is 0 Å². The molecule has 45 heavy (non-hydrogen) atoms. The van der Waals surface area contributed by atoms with E-state index in [1.807, 2.05) is 42.5 Å². The summed E-state index contributed by atoms with van der Waals surface area (Å²) in [5, 5.41) is 25.7. The molecule has 0 aliphatic carbocycles. The number of hydrogen-bond donors (Lipinski definition) is 1. The summed E-state index contributed by atoms with van der Waals surface area (Å²) in [5.41, 5.74) is 6.23. The van der Waals surface area contributed by atoms with Crippen molar-refractivity contribution in [1.82, 2.24) is 40.4 Å². The number of nitrogens with one attached hydrogen (secondary N) is 1. The maximum absolute atomic E-state index is 5.25. The van der Waals surface area contributed by atoms with Crippen LogP contribution in [0.5, 0.6) is 0 Å². The summed E-state index contributed by atoms with van der Waals surface area (Å²) < 4.78 is 2.35. The largest absolute Gasteiger partial charge is 0.321 e. The molecule has 0 amide bonds. The molecule has 0 aliphatic rings. The number of imidazole rings is 1. The highest BCUT2D eigenvalue weighted by atomic mass is 32.2. The van der Waals surface area contributed by atoms with Gasteiger partial charge >= 0.3 is 0 Å². The Balaban J connectivity index is 1.30. The third kappa shape index (κ3) is 6.38. The molecule has 1 N–H and O–H groups in total. The highest BCUT2D eigenvalue weighted by Gasteiger charge is 2.21. The minimum atomic E-state index is 0.647. The number of unbranched alkanes of at least 4 members (excludes halogenated alkanes) is 1. The van der Waals surface area contributed by atoms with Crippen molar-refractivity contribution < 1.29 is 0 Å². The van der Waals surface area contributed by atoms with Crippen LogP contribution in [0.1, 0.15) is 31.2 Å². The number of fused-ring (bicyclic) bond motifs is 1. The van der Waals surface area contributed by atoms with Crippen LogP contribution in [0.4, 0.5) is 0 Å². The molecule has 0 bridgehead atoms. The first-order valence-corrected chi connectivity index (χ1v) is 16.5. The number of H-pyrrole nitrogens is 1. The van der Waals surface area contributed by atoms with E-state index in [-0.39, 0.29) is 0 Å². The van der Waals surface area contributed by atoms with Gasteiger partial charge in [-0.25, -0.2) is 10.1 Å². The Morgan fingerprint density at radius 3 is 2.00 bits per heavy atom. The molecule has 0 fully saturated rings. The van der Waals surface area contributed by atoms with Crippen LogP contribution in [-0.4, -0.2) is 40.4 Å². The van der Waals surface area contributed by atoms with E-state index in [0.29, 0.717) is 12.4 Å². The molecule has 7 aromatic rings. The highest BCUT2D eigenvalue weighted by Crippen LogP contribution is 2.38. The van der Waals surface area contributed by atoms with Gasteiger partial charge in [-0.1, -0.05) is 122 Å². The van der Waals surface area contributed by atoms with Gasteiger partial charge in [-0.2, -0.15) is 0 Å². The van der Waals surface area contributed by atoms with Crippen LogP contribution >= 0.6 is 23.5 Å². The van der Waals surface area contributed by atoms with Crippen molar-refractivity contribution in [2.24, 2.45) is 0 Å². The number of hydrogen-bond acceptors (Lipinski definition) is 8. The summed E-state index contributed by atoms with van der Waals surface area (Å²) in [6.07, 6.45) is 3.03. The predicted molar refractivity (Wildman–Crippen MR) is 179 cm³/mol. The van der Waals surface area contributed by atoms with Crippen molar-refractivity contribution in [2.45, 2.75) is 52.6 Å². The number of aromatic amines is 1. The van der Waals surface area contributed by atoms with Gasteiger partial charge in [0.2, 0.25) is 0 Å². The summed E-state index contributed by atoms with van der Waals surface area (Å²) in [6.45, 7) is 2.89. The van der Waals surface area contributed by atoms with Crippen LogP contribution in [0.15, 0.2) is 129 Å². The Morgan fingerprint density at radius 1 is 0.689 bits per heavy atom. The summed E-state index contributed by atoms with van der Waals surface area (Å²) >= 11 is 3.24. The number of aryl methyl sites for hydroxylation is 1. The molecule has 0 atom stereocenters. The number of aromatic nitrogens is 8. The number of rotatable bonds is 11. The van der Waals surface area contributed by atoms with E-state index in [1.54, 1.807) is 23.5 Å². The van der Waals surface area contributed by atoms with Crippen molar-refractivity contribution >= 4 is 34.6 Å². The molecule has 8 nitrogen and oxygen atoms in total. The first-order chi connectivity index (χ1) is 22.3. The molecule has 0 aliphatic heterocycles. The topological polar surface area (TPSA) is 98.1 Å². The van der Waals surface area contributed by atoms with Gasteiger partial charge < -0.3 is 4.57 Å². The van der Waals surface area contributed by atoms with E-state index < -0.39 is 0 Å². The number of benzene rings is 4. The molecular weight excluding hydrogens is 597 g/mol. The van der Waals surface area contributed by atoms with Crippen LogP contribution < -0.4 is 0 Å². The van der Waals surface area contributed by atoms with Crippen LogP contribution in [-0.2, 0) is 13.0 Å². The second-order valence-electron chi connectivity index (χ2n) is 10.5. The molecule has 0 radical (unpaired) electrons. The van der Waals surface area contributed by atoms with Crippen molar-refractivity contribution in [1.29, 1.82) is 0 Å². The monoisotopic (exact) mass is 626 g/mol. The van der Waals surface area contributed by atoms with Gasteiger partial charge in [-0.05, 0) is 57.8 Å². The van der Waals surface area contributed by atoms with Crippen LogP contribution in [0.25, 0.3) is 33.5 Å². The van der Waals surface area contributed by atoms with Gasteiger partial charge in [-0.3, -0.25) is 0 Å². The maximum atomic E-state index is 5.25. The molecule has 0 unspecified atom stereocenters. The quantitative estimate of drug-likeness (QED) is 0.153. The highest BCUT2D eigenvalue weighted by molar-refractivity contribution is 8.00. The lowest BCUT2D eigenvalue weighted by atomic mass is 9.98. The third-order valence-corrected chi connectivity index (χ3v) is 9.44. The second-order valence-corrected chi connectivity index (χ2v) is 12.7. The first-order valence-electron chi connectivity index (χ1n) is 14.9. The molecule has 222 valence electrons. The van der Waals surface area contributed by atoms with Gasteiger partial charge in [0, 0.05) is 28.3 Å². The Morgan fingerprint density at radius 2 is 1.33 bits per heavy atom. The molecular formula is C35H30N8S2. The summed E-state index contributed by atoms with van der Waals surface area (Å²) in [5.74, 6) is 1.70. The molecule has 7 rings (SSSR count). The van der Waals surface area contributed by atoms with Crippen molar-refractivity contribution in [3.05, 3.63) is 121 Å². The van der Waals surface area contributed by atoms with E-state index in [2.05, 4.69) is 98.8 Å². The first kappa shape index (κ1) is 28.9. The average molecular weight is 627 g/mol. The molecule has 10 heteroatoms. The van der Waals surface area contributed by atoms with E-state index in [4.69, 9.17) is 15.2 Å². The fourth-order valence-electron chi connectivity index (χ4n) is 5.27. The predicted octanol–water partition coefficient (Wildman–Crippen LogP) is 8.37. The van der Waals surface area contributed by atoms with Crippen LogP contribution in [0, 0.1) is 0 Å². The third-order valence-electron chi connectivity index (χ3n) is 7.49. The Hall–Kier alpha value is -4.80. The standard InChI is InChI=1S/C35H30N8S2/c1-2-3-18-30-36-31-32(35(45-27-14-8-5-9-15-27)40-39-34(31)44-26-12-6-4-7-13-26)43(30)23-24-19-21-25(22-20-24)28-16-10-11-17-29(28)33-37-41-42-38-33/h4-17,19-22H,2-3,18,23H2,1H3,(H,37,38,41,42). The maximum Gasteiger partial charge on any atom is 0.180 e. The zero-order valence-corrected chi connectivity index (χ0v) is 26.3. The summed E-state index contributed by atoms with van der Waals surface area (Å²) in [6, 6.07) is 37.5. The second kappa shape index (κ2) is 13.5. The minimum absolute atomic E-state index is 0.647. The van der Waals surface area contributed by atoms with Gasteiger partial charge in [-0.15, -0.1) is 15.3 Å². The molecule has 0 saturated carbocycles. The zero-order chi connectivity index (χ0) is 30.4. The molecule has 3 heterocycles. The summed E-state index contributed by atoms with van der Waals surface area (Å²) in [7, 11) is 0. The molecule has 0 saturated heterocycles. The van der Waals surface area contributed by atoms with E-state index in [0.717, 1.165) is 72.7 Å². The summed E-state index contributed by atoms with van der Waals surface area (Å²) in [4.78, 5) is 7.48. The van der Waals surface area contributed by atoms with Gasteiger partial charge in [0.15, 0.2) is 10.9 Å². The number of nitrogens with zero attached hydrogens (tertiary/aromatic N) is 7. The van der Waals surface area contributed by atoms with Crippen molar-refractivity contribution in [3.8, 4) is 22.5 Å². The normalized spacial score (nSPS) is 11.3. The lowest BCUT2D eigenvalue weighted by Gasteiger charge is -2.13. The van der Waals surface area contributed by atoms with Crippen LogP contribution in [0.3, 0.4) is 0 Å². The lowest BCUT2D eigenvalue weighted by Crippen LogP contribution is -2.07. The molecule has 0 spiro atoms. The Kier molecular flexibility index (Phi) is 8.65. The van der Waals surface area contributed by atoms with Gasteiger partial charge in [0.1, 0.15) is 21.9 Å². The van der Waals surface area contributed by atoms with E-state index in [9.17, 15) is 0 Å². The molecule has 3 aromatic heterocycles. The fourth-order valence-corrected chi connectivity index (χ4v) is 7.01. The Bertz CT molecular complexity index is 2010. The SMILES string of the molecule is CCCCc1nc2c(Sc3ccccc3)nnc(Sc3ccccc3)c2n1Cc1ccc(-c2ccccc2-c2nnn[nH]2)cc1. The van der Waals surface area contributed by atoms with E-state index in [1.165, 1.54) is 5.56 Å².